The molecular weight excluding hydrogens is 429 g/mol. The van der Waals surface area contributed by atoms with Crippen LogP contribution in [0.3, 0.4) is 0 Å². The number of hydrogen-bond acceptors (Lipinski definition) is 3. The Balaban J connectivity index is 1.22. The van der Waals surface area contributed by atoms with Crippen LogP contribution >= 0.6 is 0 Å². The minimum atomic E-state index is -4.34. The van der Waals surface area contributed by atoms with Crippen LogP contribution < -0.4 is 0 Å². The quantitative estimate of drug-likeness (QED) is 0.447. The van der Waals surface area contributed by atoms with Crippen molar-refractivity contribution in [2.75, 3.05) is 26.2 Å². The Morgan fingerprint density at radius 3 is 2.09 bits per heavy atom. The highest BCUT2D eigenvalue weighted by molar-refractivity contribution is 6.22. The number of piperazine rings is 1. The van der Waals surface area contributed by atoms with Gasteiger partial charge in [0.2, 0.25) is 0 Å². The van der Waals surface area contributed by atoms with E-state index in [1.807, 2.05) is 24.3 Å². The highest BCUT2D eigenvalue weighted by Crippen LogP contribution is 2.37. The van der Waals surface area contributed by atoms with E-state index >= 15 is 0 Å². The van der Waals surface area contributed by atoms with E-state index in [4.69, 9.17) is 0 Å². The second-order valence-electron chi connectivity index (χ2n) is 8.40. The zero-order valence-corrected chi connectivity index (χ0v) is 17.7. The number of rotatable bonds is 3. The van der Waals surface area contributed by atoms with E-state index in [0.717, 1.165) is 28.8 Å². The normalized spacial score (nSPS) is 16.0. The highest BCUT2D eigenvalue weighted by Gasteiger charge is 2.31. The summed E-state index contributed by atoms with van der Waals surface area (Å²) in [5.41, 5.74) is 3.61. The average molecular weight is 450 g/mol. The lowest BCUT2D eigenvalue weighted by Crippen LogP contribution is -2.48. The first-order valence-electron chi connectivity index (χ1n) is 10.8. The molecule has 1 aliphatic heterocycles. The van der Waals surface area contributed by atoms with E-state index in [2.05, 4.69) is 4.90 Å². The molecule has 2 aliphatic rings. The van der Waals surface area contributed by atoms with Crippen molar-refractivity contribution in [3.05, 3.63) is 94.5 Å². The van der Waals surface area contributed by atoms with Crippen LogP contribution in [0.1, 0.15) is 37.4 Å². The van der Waals surface area contributed by atoms with E-state index in [9.17, 15) is 22.8 Å². The summed E-state index contributed by atoms with van der Waals surface area (Å²) in [4.78, 5) is 29.7. The monoisotopic (exact) mass is 450 g/mol. The van der Waals surface area contributed by atoms with Crippen LogP contribution in [-0.4, -0.2) is 47.7 Å². The molecule has 0 atom stereocenters. The van der Waals surface area contributed by atoms with Crippen molar-refractivity contribution >= 4 is 11.7 Å². The zero-order chi connectivity index (χ0) is 23.2. The molecule has 1 amide bonds. The number of alkyl halides is 3. The molecule has 3 aromatic carbocycles. The maximum atomic E-state index is 13.1. The van der Waals surface area contributed by atoms with Crippen LogP contribution in [0.15, 0.2) is 66.7 Å². The van der Waals surface area contributed by atoms with Crippen LogP contribution in [0.5, 0.6) is 0 Å². The third-order valence-electron chi connectivity index (χ3n) is 6.32. The predicted molar refractivity (Wildman–Crippen MR) is 118 cm³/mol. The molecule has 1 saturated heterocycles. The second-order valence-corrected chi connectivity index (χ2v) is 8.40. The summed E-state index contributed by atoms with van der Waals surface area (Å²) < 4.78 is 38.2. The molecule has 0 N–H and O–H groups in total. The summed E-state index contributed by atoms with van der Waals surface area (Å²) in [6, 6.07) is 17.9. The van der Waals surface area contributed by atoms with Gasteiger partial charge in [0.25, 0.3) is 5.91 Å². The molecule has 168 valence electrons. The molecule has 1 fully saturated rings. The van der Waals surface area contributed by atoms with Crippen LogP contribution in [0.25, 0.3) is 11.1 Å². The third-order valence-corrected chi connectivity index (χ3v) is 6.32. The molecule has 4 nitrogen and oxygen atoms in total. The average Bonchev–Trinajstić information content (AvgIpc) is 3.11. The molecule has 33 heavy (non-hydrogen) atoms. The largest absolute Gasteiger partial charge is 0.416 e. The van der Waals surface area contributed by atoms with Gasteiger partial charge >= 0.3 is 6.18 Å². The Labute approximate surface area is 189 Å². The van der Waals surface area contributed by atoms with Gasteiger partial charge in [0.1, 0.15) is 0 Å². The van der Waals surface area contributed by atoms with E-state index in [0.29, 0.717) is 49.4 Å². The lowest BCUT2D eigenvalue weighted by Gasteiger charge is -2.35. The van der Waals surface area contributed by atoms with Crippen LogP contribution in [0, 0.1) is 0 Å². The molecule has 0 bridgehead atoms. The summed E-state index contributed by atoms with van der Waals surface area (Å²) >= 11 is 0. The van der Waals surface area contributed by atoms with E-state index in [1.54, 1.807) is 23.1 Å². The summed E-state index contributed by atoms with van der Waals surface area (Å²) in [5.74, 6) is -0.174. The van der Waals surface area contributed by atoms with Crippen molar-refractivity contribution in [2.45, 2.75) is 12.7 Å². The first-order valence-corrected chi connectivity index (χ1v) is 10.8. The maximum absolute atomic E-state index is 13.1. The number of hydrogen-bond donors (Lipinski definition) is 0. The van der Waals surface area contributed by atoms with Gasteiger partial charge in [-0.05, 0) is 41.0 Å². The molecule has 1 heterocycles. The van der Waals surface area contributed by atoms with Crippen molar-refractivity contribution in [3.63, 3.8) is 0 Å². The van der Waals surface area contributed by atoms with Crippen LogP contribution in [-0.2, 0) is 12.7 Å². The summed E-state index contributed by atoms with van der Waals surface area (Å²) in [6.07, 6.45) is -4.34. The van der Waals surface area contributed by atoms with E-state index < -0.39 is 11.7 Å². The van der Waals surface area contributed by atoms with Gasteiger partial charge in [-0.2, -0.15) is 13.2 Å². The lowest BCUT2D eigenvalue weighted by molar-refractivity contribution is -0.137. The first kappa shape index (κ1) is 21.4. The Kier molecular flexibility index (Phi) is 5.29. The van der Waals surface area contributed by atoms with Gasteiger partial charge in [-0.1, -0.05) is 42.5 Å². The topological polar surface area (TPSA) is 40.6 Å². The molecule has 3 aromatic rings. The molecular formula is C26H21F3N2O2. The molecule has 0 saturated carbocycles. The smallest absolute Gasteiger partial charge is 0.336 e. The summed E-state index contributed by atoms with van der Waals surface area (Å²) in [7, 11) is 0. The number of fused-ring (bicyclic) bond motifs is 3. The van der Waals surface area contributed by atoms with Crippen molar-refractivity contribution in [1.82, 2.24) is 9.80 Å². The number of carbonyl (C=O) groups is 2. The molecule has 7 heteroatoms. The molecule has 5 rings (SSSR count). The van der Waals surface area contributed by atoms with Crippen molar-refractivity contribution in [1.29, 1.82) is 0 Å². The predicted octanol–water partition coefficient (Wildman–Crippen LogP) is 4.87. The Morgan fingerprint density at radius 1 is 0.788 bits per heavy atom. The van der Waals surface area contributed by atoms with Gasteiger partial charge in [-0.25, -0.2) is 0 Å². The van der Waals surface area contributed by atoms with Crippen LogP contribution in [0.2, 0.25) is 0 Å². The zero-order valence-electron chi connectivity index (χ0n) is 17.7. The van der Waals surface area contributed by atoms with E-state index in [-0.39, 0.29) is 11.7 Å². The van der Waals surface area contributed by atoms with Gasteiger partial charge in [0, 0.05) is 49.4 Å². The van der Waals surface area contributed by atoms with Gasteiger partial charge in [0.15, 0.2) is 5.78 Å². The first-order chi connectivity index (χ1) is 15.8. The van der Waals surface area contributed by atoms with E-state index in [1.165, 1.54) is 12.1 Å². The molecule has 0 aromatic heterocycles. The standard InChI is InChI=1S/C26H21F3N2O2/c27-26(28,29)19-8-5-17(6-9-19)16-30-11-13-31(14-12-30)25(33)18-7-10-21-20-3-1-2-4-22(20)24(32)23(21)15-18/h1-10,15H,11-14,16H2. The Hall–Kier alpha value is -3.45. The third kappa shape index (κ3) is 4.04. The minimum Gasteiger partial charge on any atom is -0.336 e. The van der Waals surface area contributed by atoms with Gasteiger partial charge in [0.05, 0.1) is 5.56 Å². The number of amides is 1. The van der Waals surface area contributed by atoms with Gasteiger partial charge < -0.3 is 4.90 Å². The Bertz CT molecular complexity index is 1230. The summed E-state index contributed by atoms with van der Waals surface area (Å²) in [5, 5.41) is 0. The number of halogens is 3. The number of ketones is 1. The molecule has 0 radical (unpaired) electrons. The maximum Gasteiger partial charge on any atom is 0.416 e. The molecule has 1 aliphatic carbocycles. The van der Waals surface area contributed by atoms with Gasteiger partial charge in [-0.3, -0.25) is 14.5 Å². The lowest BCUT2D eigenvalue weighted by atomic mass is 10.0. The van der Waals surface area contributed by atoms with Crippen molar-refractivity contribution in [3.8, 4) is 11.1 Å². The fourth-order valence-corrected chi connectivity index (χ4v) is 4.51. The number of carbonyl (C=O) groups excluding carboxylic acids is 2. The van der Waals surface area contributed by atoms with Crippen molar-refractivity contribution < 1.29 is 22.8 Å². The fraction of sp³-hybridized carbons (Fsp3) is 0.231. The van der Waals surface area contributed by atoms with Crippen LogP contribution in [0.4, 0.5) is 13.2 Å². The number of benzene rings is 3. The highest BCUT2D eigenvalue weighted by atomic mass is 19.4. The SMILES string of the molecule is O=C1c2ccccc2-c2ccc(C(=O)N3CCN(Cc4ccc(C(F)(F)F)cc4)CC3)cc21. The second kappa shape index (κ2) is 8.15. The Morgan fingerprint density at radius 2 is 1.42 bits per heavy atom. The van der Waals surface area contributed by atoms with Crippen molar-refractivity contribution in [2.24, 2.45) is 0 Å². The molecule has 0 unspecified atom stereocenters. The van der Waals surface area contributed by atoms with Gasteiger partial charge in [-0.15, -0.1) is 0 Å². The fourth-order valence-electron chi connectivity index (χ4n) is 4.51. The number of nitrogens with zero attached hydrogens (tertiary/aromatic N) is 2. The molecule has 0 spiro atoms. The minimum absolute atomic E-state index is 0.0587. The summed E-state index contributed by atoms with van der Waals surface area (Å²) in [6.45, 7) is 2.82.